The van der Waals surface area contributed by atoms with Gasteiger partial charge in [-0.3, -0.25) is 13.9 Å². The number of rotatable bonds is 3. The van der Waals surface area contributed by atoms with Gasteiger partial charge in [0.15, 0.2) is 5.52 Å². The standard InChI is InChI=1S/C22H19N3O3/c1-24-20-17(14-7-5-4-6-8-14)13-18(15-9-11-16(28-3)12-10-15)23-19(20)21(26)25(2)22(24)27/h4-13H,1-3H3. The summed E-state index contributed by atoms with van der Waals surface area (Å²) in [7, 11) is 4.74. The molecule has 140 valence electrons. The summed E-state index contributed by atoms with van der Waals surface area (Å²) in [6, 6.07) is 19.1. The van der Waals surface area contributed by atoms with Gasteiger partial charge in [0.05, 0.1) is 18.3 Å². The Morgan fingerprint density at radius 2 is 1.54 bits per heavy atom. The number of nitrogens with zero attached hydrogens (tertiary/aromatic N) is 3. The van der Waals surface area contributed by atoms with E-state index in [-0.39, 0.29) is 11.2 Å². The van der Waals surface area contributed by atoms with E-state index in [4.69, 9.17) is 4.74 Å². The molecule has 0 N–H and O–H groups in total. The Morgan fingerprint density at radius 3 is 2.18 bits per heavy atom. The average Bonchev–Trinajstić information content (AvgIpc) is 2.76. The summed E-state index contributed by atoms with van der Waals surface area (Å²) in [6.45, 7) is 0. The van der Waals surface area contributed by atoms with E-state index >= 15 is 0 Å². The van der Waals surface area contributed by atoms with Gasteiger partial charge in [-0.25, -0.2) is 9.78 Å². The third-order valence-electron chi connectivity index (χ3n) is 4.88. The van der Waals surface area contributed by atoms with Crippen molar-refractivity contribution < 1.29 is 4.74 Å². The molecule has 0 bridgehead atoms. The van der Waals surface area contributed by atoms with Crippen LogP contribution in [0.5, 0.6) is 5.75 Å². The molecule has 4 aromatic rings. The van der Waals surface area contributed by atoms with Gasteiger partial charge in [0.25, 0.3) is 5.56 Å². The monoisotopic (exact) mass is 373 g/mol. The summed E-state index contributed by atoms with van der Waals surface area (Å²) >= 11 is 0. The Kier molecular flexibility index (Phi) is 4.31. The molecule has 28 heavy (non-hydrogen) atoms. The molecule has 0 fully saturated rings. The number of fused-ring (bicyclic) bond motifs is 1. The number of aryl methyl sites for hydroxylation is 1. The molecule has 2 aromatic carbocycles. The SMILES string of the molecule is COc1ccc(-c2cc(-c3ccccc3)c3c(n2)c(=O)n(C)c(=O)n3C)cc1. The van der Waals surface area contributed by atoms with Crippen LogP contribution in [0.25, 0.3) is 33.4 Å². The van der Waals surface area contributed by atoms with Gasteiger partial charge in [-0.2, -0.15) is 0 Å². The molecule has 2 aromatic heterocycles. The Balaban J connectivity index is 2.12. The van der Waals surface area contributed by atoms with E-state index in [9.17, 15) is 9.59 Å². The van der Waals surface area contributed by atoms with E-state index in [1.54, 1.807) is 14.2 Å². The molecule has 6 nitrogen and oxygen atoms in total. The molecule has 0 saturated carbocycles. The smallest absolute Gasteiger partial charge is 0.331 e. The Bertz CT molecular complexity index is 1290. The minimum Gasteiger partial charge on any atom is -0.497 e. The predicted molar refractivity (Wildman–Crippen MR) is 110 cm³/mol. The first-order chi connectivity index (χ1) is 13.5. The van der Waals surface area contributed by atoms with E-state index < -0.39 is 5.56 Å². The number of pyridine rings is 1. The van der Waals surface area contributed by atoms with Crippen LogP contribution in [-0.4, -0.2) is 21.2 Å². The quantitative estimate of drug-likeness (QED) is 0.554. The average molecular weight is 373 g/mol. The van der Waals surface area contributed by atoms with Gasteiger partial charge in [0, 0.05) is 25.2 Å². The molecule has 0 aliphatic carbocycles. The van der Waals surface area contributed by atoms with E-state index in [1.807, 2.05) is 60.7 Å². The van der Waals surface area contributed by atoms with Crippen molar-refractivity contribution in [2.75, 3.05) is 7.11 Å². The van der Waals surface area contributed by atoms with Crippen LogP contribution in [0.15, 0.2) is 70.3 Å². The number of hydrogen-bond donors (Lipinski definition) is 0. The predicted octanol–water partition coefficient (Wildman–Crippen LogP) is 2.97. The molecule has 0 aliphatic rings. The van der Waals surface area contributed by atoms with E-state index in [0.717, 1.165) is 27.0 Å². The van der Waals surface area contributed by atoms with Crippen LogP contribution in [-0.2, 0) is 14.1 Å². The molecule has 0 atom stereocenters. The lowest BCUT2D eigenvalue weighted by molar-refractivity contribution is 0.415. The maximum Gasteiger partial charge on any atom is 0.331 e. The lowest BCUT2D eigenvalue weighted by atomic mass is 10.0. The molecular weight excluding hydrogens is 354 g/mol. The van der Waals surface area contributed by atoms with Crippen molar-refractivity contribution in [1.82, 2.24) is 14.1 Å². The number of aromatic nitrogens is 3. The Labute approximate surface area is 161 Å². The van der Waals surface area contributed by atoms with Crippen molar-refractivity contribution in [2.45, 2.75) is 0 Å². The van der Waals surface area contributed by atoms with Crippen LogP contribution >= 0.6 is 0 Å². The van der Waals surface area contributed by atoms with Crippen molar-refractivity contribution in [3.63, 3.8) is 0 Å². The third kappa shape index (κ3) is 2.79. The second-order valence-corrected chi connectivity index (χ2v) is 6.55. The van der Waals surface area contributed by atoms with Gasteiger partial charge in [-0.15, -0.1) is 0 Å². The van der Waals surface area contributed by atoms with Gasteiger partial charge >= 0.3 is 5.69 Å². The summed E-state index contributed by atoms with van der Waals surface area (Å²) in [4.78, 5) is 29.9. The third-order valence-corrected chi connectivity index (χ3v) is 4.88. The molecule has 0 aliphatic heterocycles. The first-order valence-corrected chi connectivity index (χ1v) is 8.82. The van der Waals surface area contributed by atoms with Crippen molar-refractivity contribution in [3.8, 4) is 28.1 Å². The normalized spacial score (nSPS) is 11.0. The summed E-state index contributed by atoms with van der Waals surface area (Å²) in [5.41, 5.74) is 3.20. The zero-order valence-electron chi connectivity index (χ0n) is 15.8. The second-order valence-electron chi connectivity index (χ2n) is 6.55. The Hall–Kier alpha value is -3.67. The second kappa shape index (κ2) is 6.81. The van der Waals surface area contributed by atoms with Crippen LogP contribution in [0.2, 0.25) is 0 Å². The maximum atomic E-state index is 12.8. The summed E-state index contributed by atoms with van der Waals surface area (Å²) < 4.78 is 7.78. The van der Waals surface area contributed by atoms with Gasteiger partial charge in [0.1, 0.15) is 5.75 Å². The van der Waals surface area contributed by atoms with E-state index in [2.05, 4.69) is 4.98 Å². The van der Waals surface area contributed by atoms with E-state index in [0.29, 0.717) is 11.2 Å². The van der Waals surface area contributed by atoms with Gasteiger partial charge in [-0.05, 0) is 35.9 Å². The first-order valence-electron chi connectivity index (χ1n) is 8.82. The molecule has 2 heterocycles. The van der Waals surface area contributed by atoms with Gasteiger partial charge in [0.2, 0.25) is 0 Å². The number of ether oxygens (including phenoxy) is 1. The summed E-state index contributed by atoms with van der Waals surface area (Å²) in [5, 5.41) is 0. The topological polar surface area (TPSA) is 66.1 Å². The highest BCUT2D eigenvalue weighted by atomic mass is 16.5. The van der Waals surface area contributed by atoms with E-state index in [1.165, 1.54) is 11.6 Å². The maximum absolute atomic E-state index is 12.8. The van der Waals surface area contributed by atoms with Crippen LogP contribution in [0, 0.1) is 0 Å². The van der Waals surface area contributed by atoms with Crippen molar-refractivity contribution in [2.24, 2.45) is 14.1 Å². The minimum atomic E-state index is -0.411. The number of methoxy groups -OCH3 is 1. The lowest BCUT2D eigenvalue weighted by Gasteiger charge is -2.14. The molecule has 6 heteroatoms. The van der Waals surface area contributed by atoms with Crippen LogP contribution in [0.4, 0.5) is 0 Å². The van der Waals surface area contributed by atoms with Crippen LogP contribution < -0.4 is 16.0 Å². The zero-order chi connectivity index (χ0) is 19.8. The number of hydrogen-bond acceptors (Lipinski definition) is 4. The highest BCUT2D eigenvalue weighted by Crippen LogP contribution is 2.30. The highest BCUT2D eigenvalue weighted by molar-refractivity contribution is 5.93. The van der Waals surface area contributed by atoms with Gasteiger partial charge in [-0.1, -0.05) is 30.3 Å². The summed E-state index contributed by atoms with van der Waals surface area (Å²) in [6.07, 6.45) is 0. The van der Waals surface area contributed by atoms with Crippen LogP contribution in [0.3, 0.4) is 0 Å². The molecule has 0 radical (unpaired) electrons. The highest BCUT2D eigenvalue weighted by Gasteiger charge is 2.17. The van der Waals surface area contributed by atoms with Crippen molar-refractivity contribution in [1.29, 1.82) is 0 Å². The molecule has 0 spiro atoms. The van der Waals surface area contributed by atoms with Gasteiger partial charge < -0.3 is 4.74 Å². The largest absolute Gasteiger partial charge is 0.497 e. The number of benzene rings is 2. The molecular formula is C22H19N3O3. The fourth-order valence-electron chi connectivity index (χ4n) is 3.34. The molecule has 4 rings (SSSR count). The molecule has 0 saturated heterocycles. The minimum absolute atomic E-state index is 0.261. The zero-order valence-corrected chi connectivity index (χ0v) is 15.8. The first kappa shape index (κ1) is 17.7. The lowest BCUT2D eigenvalue weighted by Crippen LogP contribution is -2.37. The molecule has 0 amide bonds. The summed E-state index contributed by atoms with van der Waals surface area (Å²) in [5.74, 6) is 0.742. The fraction of sp³-hybridized carbons (Fsp3) is 0.136. The molecule has 0 unspecified atom stereocenters. The Morgan fingerprint density at radius 1 is 0.857 bits per heavy atom. The van der Waals surface area contributed by atoms with Crippen LogP contribution in [0.1, 0.15) is 0 Å². The fourth-order valence-corrected chi connectivity index (χ4v) is 3.34. The van der Waals surface area contributed by atoms with Crippen molar-refractivity contribution in [3.05, 3.63) is 81.5 Å². The van der Waals surface area contributed by atoms with Crippen molar-refractivity contribution >= 4 is 11.0 Å².